The van der Waals surface area contributed by atoms with E-state index >= 15 is 0 Å². The third-order valence-corrected chi connectivity index (χ3v) is 6.80. The van der Waals surface area contributed by atoms with E-state index in [-0.39, 0.29) is 37.4 Å². The minimum atomic E-state index is -0.475. The second kappa shape index (κ2) is 11.5. The van der Waals surface area contributed by atoms with Gasteiger partial charge in [0.25, 0.3) is 5.91 Å². The van der Waals surface area contributed by atoms with Crippen LogP contribution in [-0.2, 0) is 20.9 Å². The van der Waals surface area contributed by atoms with Gasteiger partial charge in [-0.05, 0) is 24.6 Å². The summed E-state index contributed by atoms with van der Waals surface area (Å²) in [6, 6.07) is 15.5. The van der Waals surface area contributed by atoms with E-state index in [2.05, 4.69) is 10.3 Å². The first-order valence-corrected chi connectivity index (χ1v) is 11.6. The van der Waals surface area contributed by atoms with E-state index in [1.165, 1.54) is 11.8 Å². The number of esters is 1. The summed E-state index contributed by atoms with van der Waals surface area (Å²) in [4.78, 5) is 43.1. The molecular formula is C24H27N5O4S. The monoisotopic (exact) mass is 481 g/mol. The van der Waals surface area contributed by atoms with Gasteiger partial charge in [-0.15, -0.1) is 0 Å². The number of hydrogen-bond donors (Lipinski definition) is 3. The van der Waals surface area contributed by atoms with Crippen LogP contribution in [0.1, 0.15) is 34.8 Å². The number of rotatable bonds is 8. The number of amides is 2. The van der Waals surface area contributed by atoms with Gasteiger partial charge in [0.05, 0.1) is 6.42 Å². The number of aliphatic imine (C=N–C) groups is 1. The fourth-order valence-corrected chi connectivity index (χ4v) is 4.46. The average molecular weight is 482 g/mol. The van der Waals surface area contributed by atoms with Crippen molar-refractivity contribution < 1.29 is 19.1 Å². The summed E-state index contributed by atoms with van der Waals surface area (Å²) in [7, 11) is 1.77. The van der Waals surface area contributed by atoms with Gasteiger partial charge in [0, 0.05) is 30.8 Å². The SMILES string of the molecule is CC1C(C(=O)NCCC(=O)OCc2ccccc2)SC(=NC(=O)c2ccc(C(=N)N)cc2)N1C. The molecule has 1 saturated heterocycles. The van der Waals surface area contributed by atoms with Crippen LogP contribution in [0, 0.1) is 5.41 Å². The number of amidine groups is 2. The first kappa shape index (κ1) is 25.0. The summed E-state index contributed by atoms with van der Waals surface area (Å²) in [5.41, 5.74) is 7.22. The zero-order valence-corrected chi connectivity index (χ0v) is 19.8. The Labute approximate surface area is 202 Å². The van der Waals surface area contributed by atoms with Crippen molar-refractivity contribution in [1.82, 2.24) is 10.2 Å². The van der Waals surface area contributed by atoms with Gasteiger partial charge in [-0.25, -0.2) is 0 Å². The average Bonchev–Trinajstić information content (AvgIpc) is 3.12. The van der Waals surface area contributed by atoms with Crippen molar-refractivity contribution in [2.45, 2.75) is 31.2 Å². The van der Waals surface area contributed by atoms with Gasteiger partial charge in [-0.3, -0.25) is 19.8 Å². The number of nitrogens with one attached hydrogen (secondary N) is 2. The maximum Gasteiger partial charge on any atom is 0.307 e. The zero-order chi connectivity index (χ0) is 24.7. The molecule has 34 heavy (non-hydrogen) atoms. The molecule has 2 atom stereocenters. The predicted octanol–water partition coefficient (Wildman–Crippen LogP) is 2.15. The summed E-state index contributed by atoms with van der Waals surface area (Å²) < 4.78 is 5.22. The molecule has 1 heterocycles. The fourth-order valence-electron chi connectivity index (χ4n) is 3.19. The van der Waals surface area contributed by atoms with E-state index < -0.39 is 17.1 Å². The van der Waals surface area contributed by atoms with Crippen molar-refractivity contribution in [3.05, 3.63) is 71.3 Å². The van der Waals surface area contributed by atoms with Crippen LogP contribution in [0.5, 0.6) is 0 Å². The topological polar surface area (TPSA) is 138 Å². The predicted molar refractivity (Wildman–Crippen MR) is 132 cm³/mol. The summed E-state index contributed by atoms with van der Waals surface area (Å²) in [5, 5.41) is 10.2. The Bertz CT molecular complexity index is 1090. The second-order valence-corrected chi connectivity index (χ2v) is 8.88. The molecule has 2 amide bonds. The van der Waals surface area contributed by atoms with Gasteiger partial charge in [-0.1, -0.05) is 54.2 Å². The molecule has 4 N–H and O–H groups in total. The molecule has 1 aliphatic heterocycles. The highest BCUT2D eigenvalue weighted by Gasteiger charge is 2.39. The van der Waals surface area contributed by atoms with Crippen LogP contribution >= 0.6 is 11.8 Å². The number of hydrogen-bond acceptors (Lipinski definition) is 6. The van der Waals surface area contributed by atoms with Crippen LogP contribution in [0.3, 0.4) is 0 Å². The van der Waals surface area contributed by atoms with Crippen LogP contribution < -0.4 is 11.1 Å². The first-order valence-electron chi connectivity index (χ1n) is 10.7. The normalized spacial score (nSPS) is 18.5. The molecule has 1 aliphatic rings. The number of nitrogens with zero attached hydrogens (tertiary/aromatic N) is 2. The van der Waals surface area contributed by atoms with Crippen LogP contribution in [0.2, 0.25) is 0 Å². The smallest absolute Gasteiger partial charge is 0.307 e. The minimum Gasteiger partial charge on any atom is -0.461 e. The largest absolute Gasteiger partial charge is 0.461 e. The van der Waals surface area contributed by atoms with Gasteiger partial charge < -0.3 is 20.7 Å². The highest BCUT2D eigenvalue weighted by Crippen LogP contribution is 2.31. The standard InChI is InChI=1S/C24H27N5O4S/c1-15-20(23(32)27-13-12-19(30)33-14-16-6-4-3-5-7-16)34-24(29(15)2)28-22(31)18-10-8-17(9-11-18)21(25)26/h3-11,15,20H,12-14H2,1-2H3,(H3,25,26)(H,27,32). The molecule has 0 spiro atoms. The molecule has 10 heteroatoms. The van der Waals surface area contributed by atoms with E-state index in [1.54, 1.807) is 36.2 Å². The van der Waals surface area contributed by atoms with Crippen molar-refractivity contribution >= 4 is 40.5 Å². The highest BCUT2D eigenvalue weighted by molar-refractivity contribution is 8.15. The van der Waals surface area contributed by atoms with Crippen molar-refractivity contribution in [1.29, 1.82) is 5.41 Å². The van der Waals surface area contributed by atoms with Gasteiger partial charge in [0.15, 0.2) is 5.17 Å². The Morgan fingerprint density at radius 2 is 1.76 bits per heavy atom. The molecular weight excluding hydrogens is 454 g/mol. The highest BCUT2D eigenvalue weighted by atomic mass is 32.2. The molecule has 0 aliphatic carbocycles. The third kappa shape index (κ3) is 6.44. The zero-order valence-electron chi connectivity index (χ0n) is 19.0. The second-order valence-electron chi connectivity index (χ2n) is 7.77. The number of benzene rings is 2. The molecule has 0 saturated carbocycles. The van der Waals surface area contributed by atoms with Gasteiger partial charge in [-0.2, -0.15) is 4.99 Å². The quantitative estimate of drug-likeness (QED) is 0.298. The number of nitrogens with two attached hydrogens (primary N) is 1. The summed E-state index contributed by atoms with van der Waals surface area (Å²) in [5.74, 6) is -1.15. The lowest BCUT2D eigenvalue weighted by molar-refractivity contribution is -0.144. The van der Waals surface area contributed by atoms with Gasteiger partial charge in [0.1, 0.15) is 17.7 Å². The molecule has 2 aromatic carbocycles. The van der Waals surface area contributed by atoms with E-state index in [9.17, 15) is 14.4 Å². The third-order valence-electron chi connectivity index (χ3n) is 5.35. The molecule has 0 bridgehead atoms. The lowest BCUT2D eigenvalue weighted by atomic mass is 10.1. The van der Waals surface area contributed by atoms with Crippen LogP contribution in [0.25, 0.3) is 0 Å². The molecule has 2 unspecified atom stereocenters. The van der Waals surface area contributed by atoms with Crippen molar-refractivity contribution in [2.75, 3.05) is 13.6 Å². The first-order chi connectivity index (χ1) is 16.3. The molecule has 9 nitrogen and oxygen atoms in total. The van der Waals surface area contributed by atoms with Crippen molar-refractivity contribution in [3.63, 3.8) is 0 Å². The summed E-state index contributed by atoms with van der Waals surface area (Å²) in [6.07, 6.45) is 0.0653. The lowest BCUT2D eigenvalue weighted by Crippen LogP contribution is -2.41. The van der Waals surface area contributed by atoms with E-state index in [0.29, 0.717) is 16.3 Å². The number of ether oxygens (including phenoxy) is 1. The summed E-state index contributed by atoms with van der Waals surface area (Å²) >= 11 is 1.21. The molecule has 2 aromatic rings. The van der Waals surface area contributed by atoms with Gasteiger partial charge in [0.2, 0.25) is 5.91 Å². The van der Waals surface area contributed by atoms with Crippen molar-refractivity contribution in [3.8, 4) is 0 Å². The van der Waals surface area contributed by atoms with Gasteiger partial charge >= 0.3 is 5.97 Å². The van der Waals surface area contributed by atoms with E-state index in [4.69, 9.17) is 15.9 Å². The summed E-state index contributed by atoms with van der Waals surface area (Å²) in [6.45, 7) is 2.23. The van der Waals surface area contributed by atoms with E-state index in [1.807, 2.05) is 37.3 Å². The molecule has 1 fully saturated rings. The maximum atomic E-state index is 12.7. The fraction of sp³-hybridized carbons (Fsp3) is 0.292. The molecule has 0 radical (unpaired) electrons. The number of carbonyl (C=O) groups excluding carboxylic acids is 3. The number of nitrogen functional groups attached to an aromatic ring is 1. The van der Waals surface area contributed by atoms with Crippen LogP contribution in [-0.4, -0.2) is 58.6 Å². The van der Waals surface area contributed by atoms with Crippen molar-refractivity contribution in [2.24, 2.45) is 10.7 Å². The number of carbonyl (C=O) groups is 3. The van der Waals surface area contributed by atoms with Crippen LogP contribution in [0.15, 0.2) is 59.6 Å². The Balaban J connectivity index is 1.50. The van der Waals surface area contributed by atoms with E-state index in [0.717, 1.165) is 5.56 Å². The molecule has 0 aromatic heterocycles. The lowest BCUT2D eigenvalue weighted by Gasteiger charge is -2.19. The Kier molecular flexibility index (Phi) is 8.42. The number of thioether (sulfide) groups is 1. The Morgan fingerprint density at radius 3 is 2.41 bits per heavy atom. The minimum absolute atomic E-state index is 0.0653. The Hall–Kier alpha value is -3.66. The van der Waals surface area contributed by atoms with Crippen LogP contribution in [0.4, 0.5) is 0 Å². The molecule has 3 rings (SSSR count). The molecule has 178 valence electrons. The Morgan fingerprint density at radius 1 is 1.12 bits per heavy atom. The maximum absolute atomic E-state index is 12.7.